The molecule has 0 spiro atoms. The van der Waals surface area contributed by atoms with Gasteiger partial charge in [0.1, 0.15) is 36.1 Å². The first-order chi connectivity index (χ1) is 20.2. The predicted octanol–water partition coefficient (Wildman–Crippen LogP) is 7.72. The number of imide groups is 2. The number of carbonyl (C=O) groups is 3. The van der Waals surface area contributed by atoms with Crippen LogP contribution in [0.15, 0.2) is 95.0 Å². The van der Waals surface area contributed by atoms with E-state index in [1.807, 2.05) is 0 Å². The van der Waals surface area contributed by atoms with Crippen LogP contribution >= 0.6 is 39.1 Å². The van der Waals surface area contributed by atoms with E-state index in [2.05, 4.69) is 21.2 Å². The molecular weight excluding hydrogens is 650 g/mol. The van der Waals surface area contributed by atoms with Gasteiger partial charge in [-0.1, -0.05) is 47.5 Å². The molecule has 11 heteroatoms. The van der Waals surface area contributed by atoms with Crippen molar-refractivity contribution in [1.29, 1.82) is 0 Å². The maximum atomic E-state index is 13.3. The summed E-state index contributed by atoms with van der Waals surface area (Å²) in [6, 6.07) is 21.5. The lowest BCUT2D eigenvalue weighted by molar-refractivity contribution is -0.122. The van der Waals surface area contributed by atoms with E-state index in [0.717, 1.165) is 16.0 Å². The van der Waals surface area contributed by atoms with E-state index in [1.54, 1.807) is 60.7 Å². The summed E-state index contributed by atoms with van der Waals surface area (Å²) in [7, 11) is 0. The molecule has 42 heavy (non-hydrogen) atoms. The van der Waals surface area contributed by atoms with E-state index in [-0.39, 0.29) is 30.3 Å². The lowest BCUT2D eigenvalue weighted by atomic mass is 10.1. The second-order valence-corrected chi connectivity index (χ2v) is 10.8. The molecule has 1 aliphatic rings. The average Bonchev–Trinajstić information content (AvgIpc) is 2.96. The first-order valence-corrected chi connectivity index (χ1v) is 14.0. The van der Waals surface area contributed by atoms with Crippen LogP contribution in [0.5, 0.6) is 11.5 Å². The van der Waals surface area contributed by atoms with Crippen molar-refractivity contribution in [2.45, 2.75) is 13.2 Å². The lowest BCUT2D eigenvalue weighted by Gasteiger charge is -2.26. The number of nitrogens with zero attached hydrogens (tertiary/aromatic N) is 1. The molecule has 1 heterocycles. The van der Waals surface area contributed by atoms with Gasteiger partial charge in [-0.15, -0.1) is 0 Å². The van der Waals surface area contributed by atoms with Crippen LogP contribution in [0.4, 0.5) is 14.9 Å². The van der Waals surface area contributed by atoms with Gasteiger partial charge in [0.2, 0.25) is 0 Å². The highest BCUT2D eigenvalue weighted by atomic mass is 79.9. The van der Waals surface area contributed by atoms with Crippen LogP contribution in [0.1, 0.15) is 16.7 Å². The summed E-state index contributed by atoms with van der Waals surface area (Å²) in [4.78, 5) is 39.4. The maximum absolute atomic E-state index is 13.3. The molecule has 0 aromatic heterocycles. The van der Waals surface area contributed by atoms with Gasteiger partial charge in [0.25, 0.3) is 11.8 Å². The van der Waals surface area contributed by atoms with Crippen molar-refractivity contribution < 1.29 is 28.2 Å². The number of barbiturate groups is 1. The Morgan fingerprint density at radius 3 is 2.29 bits per heavy atom. The van der Waals surface area contributed by atoms with Gasteiger partial charge in [-0.2, -0.15) is 0 Å². The number of halogens is 4. The van der Waals surface area contributed by atoms with E-state index in [0.29, 0.717) is 31.6 Å². The topological polar surface area (TPSA) is 84.9 Å². The molecule has 7 nitrogen and oxygen atoms in total. The Bertz CT molecular complexity index is 1710. The van der Waals surface area contributed by atoms with Gasteiger partial charge >= 0.3 is 6.03 Å². The molecule has 0 bridgehead atoms. The Balaban J connectivity index is 1.28. The molecule has 0 aliphatic carbocycles. The molecule has 1 aliphatic heterocycles. The van der Waals surface area contributed by atoms with Gasteiger partial charge in [-0.05, 0) is 93.8 Å². The van der Waals surface area contributed by atoms with Crippen LogP contribution in [0.2, 0.25) is 10.0 Å². The monoisotopic (exact) mass is 668 g/mol. The summed E-state index contributed by atoms with van der Waals surface area (Å²) in [5, 5.41) is 3.19. The molecule has 212 valence electrons. The van der Waals surface area contributed by atoms with Crippen LogP contribution in [-0.4, -0.2) is 17.8 Å². The number of urea groups is 1. The minimum atomic E-state index is -0.866. The zero-order valence-electron chi connectivity index (χ0n) is 21.6. The molecule has 0 saturated carbocycles. The Kier molecular flexibility index (Phi) is 8.91. The molecule has 4 aromatic rings. The molecular formula is C31H20BrCl2FN2O5. The number of rotatable bonds is 8. The summed E-state index contributed by atoms with van der Waals surface area (Å²) in [5.41, 5.74) is 2.07. The van der Waals surface area contributed by atoms with Crippen LogP contribution < -0.4 is 19.7 Å². The van der Waals surface area contributed by atoms with Crippen molar-refractivity contribution in [3.8, 4) is 11.5 Å². The molecule has 1 fully saturated rings. The van der Waals surface area contributed by atoms with Crippen LogP contribution in [0, 0.1) is 5.82 Å². The van der Waals surface area contributed by atoms with E-state index in [1.165, 1.54) is 30.3 Å². The van der Waals surface area contributed by atoms with Crippen LogP contribution in [0.3, 0.4) is 0 Å². The number of hydrogen-bond acceptors (Lipinski definition) is 5. The molecule has 1 N–H and O–H groups in total. The smallest absolute Gasteiger partial charge is 0.335 e. The van der Waals surface area contributed by atoms with Crippen molar-refractivity contribution in [3.63, 3.8) is 0 Å². The number of carbonyl (C=O) groups excluding carboxylic acids is 3. The second-order valence-electron chi connectivity index (χ2n) is 9.08. The molecule has 0 unspecified atom stereocenters. The first-order valence-electron chi connectivity index (χ1n) is 12.4. The number of hydrogen-bond donors (Lipinski definition) is 1. The number of benzene rings is 4. The third-order valence-electron chi connectivity index (χ3n) is 6.18. The zero-order chi connectivity index (χ0) is 29.8. The van der Waals surface area contributed by atoms with Gasteiger partial charge in [-0.25, -0.2) is 14.1 Å². The Labute approximate surface area is 258 Å². The lowest BCUT2D eigenvalue weighted by Crippen LogP contribution is -2.54. The highest BCUT2D eigenvalue weighted by Crippen LogP contribution is 2.30. The minimum absolute atomic E-state index is 0.186. The normalized spacial score (nSPS) is 14.2. The Hall–Kier alpha value is -4.18. The molecule has 5 rings (SSSR count). The van der Waals surface area contributed by atoms with Crippen LogP contribution in [-0.2, 0) is 22.8 Å². The third kappa shape index (κ3) is 6.82. The fourth-order valence-electron chi connectivity index (χ4n) is 4.02. The van der Waals surface area contributed by atoms with Crippen molar-refractivity contribution >= 4 is 68.7 Å². The highest BCUT2D eigenvalue weighted by Gasteiger charge is 2.36. The number of anilines is 1. The number of ether oxygens (including phenoxy) is 2. The Morgan fingerprint density at radius 1 is 0.857 bits per heavy atom. The average molecular weight is 670 g/mol. The predicted molar refractivity (Wildman–Crippen MR) is 161 cm³/mol. The molecule has 4 aromatic carbocycles. The van der Waals surface area contributed by atoms with Gasteiger partial charge in [0.05, 0.1) is 10.2 Å². The fraction of sp³-hybridized carbons (Fsp3) is 0.0645. The summed E-state index contributed by atoms with van der Waals surface area (Å²) < 4.78 is 25.3. The van der Waals surface area contributed by atoms with E-state index in [9.17, 15) is 18.8 Å². The quantitative estimate of drug-likeness (QED) is 0.153. The maximum Gasteiger partial charge on any atom is 0.335 e. The zero-order valence-corrected chi connectivity index (χ0v) is 24.7. The summed E-state index contributed by atoms with van der Waals surface area (Å²) in [6.45, 7) is 0.404. The van der Waals surface area contributed by atoms with E-state index in [4.69, 9.17) is 32.7 Å². The highest BCUT2D eigenvalue weighted by molar-refractivity contribution is 9.10. The van der Waals surface area contributed by atoms with E-state index >= 15 is 0 Å². The van der Waals surface area contributed by atoms with Gasteiger partial charge in [0, 0.05) is 15.6 Å². The molecule has 0 atom stereocenters. The Morgan fingerprint density at radius 2 is 1.60 bits per heavy atom. The first kappa shape index (κ1) is 29.3. The third-order valence-corrected chi connectivity index (χ3v) is 7.39. The van der Waals surface area contributed by atoms with Crippen LogP contribution in [0.25, 0.3) is 6.08 Å². The van der Waals surface area contributed by atoms with Gasteiger partial charge < -0.3 is 9.47 Å². The van der Waals surface area contributed by atoms with Crippen molar-refractivity contribution in [2.24, 2.45) is 0 Å². The van der Waals surface area contributed by atoms with Crippen molar-refractivity contribution in [3.05, 3.63) is 128 Å². The summed E-state index contributed by atoms with van der Waals surface area (Å²) in [5.74, 6) is -0.931. The van der Waals surface area contributed by atoms with Gasteiger partial charge in [0.15, 0.2) is 0 Å². The van der Waals surface area contributed by atoms with Crippen molar-refractivity contribution in [2.75, 3.05) is 4.90 Å². The SMILES string of the molecule is O=C1NC(=O)N(c2ccc(OCc3ccc(Cl)cc3Cl)cc2)C(=O)/C1=C/c1ccc(OCc2ccc(F)cc2)c(Br)c1. The largest absolute Gasteiger partial charge is 0.489 e. The standard InChI is InChI=1S/C31H20BrCl2FN2O5/c32-26-14-19(3-12-28(26)42-16-18-1-6-22(35)7-2-18)13-25-29(38)36-31(40)37(30(25)39)23-8-10-24(11-9-23)41-17-20-4-5-21(33)15-27(20)34/h1-15H,16-17H2,(H,36,38,40)/b25-13+. The summed E-state index contributed by atoms with van der Waals surface area (Å²) >= 11 is 15.6. The summed E-state index contributed by atoms with van der Waals surface area (Å²) in [6.07, 6.45) is 1.39. The number of nitrogens with one attached hydrogen (secondary N) is 1. The molecule has 0 radical (unpaired) electrons. The molecule has 4 amide bonds. The van der Waals surface area contributed by atoms with E-state index < -0.39 is 17.8 Å². The van der Waals surface area contributed by atoms with Crippen molar-refractivity contribution in [1.82, 2.24) is 5.32 Å². The second kappa shape index (κ2) is 12.8. The minimum Gasteiger partial charge on any atom is -0.489 e. The molecule has 1 saturated heterocycles. The number of amides is 4. The fourth-order valence-corrected chi connectivity index (χ4v) is 4.99. The van der Waals surface area contributed by atoms with Gasteiger partial charge in [-0.3, -0.25) is 14.9 Å².